The molecule has 1 N–H and O–H groups in total. The molecule has 2 heterocycles. The zero-order valence-corrected chi connectivity index (χ0v) is 15.5. The van der Waals surface area contributed by atoms with E-state index in [9.17, 15) is 4.79 Å². The number of amides is 1. The number of nitrogens with zero attached hydrogens (tertiary/aromatic N) is 1. The fourth-order valence-corrected chi connectivity index (χ4v) is 2.93. The first kappa shape index (κ1) is 19.2. The molecule has 0 radical (unpaired) electrons. The van der Waals surface area contributed by atoms with Crippen LogP contribution in [0.2, 0.25) is 0 Å². The van der Waals surface area contributed by atoms with Crippen LogP contribution in [0.5, 0.6) is 5.75 Å². The van der Waals surface area contributed by atoms with Gasteiger partial charge in [-0.15, -0.1) is 6.58 Å². The Labute approximate surface area is 159 Å². The molecule has 1 fully saturated rings. The number of ether oxygens (including phenoxy) is 2. The summed E-state index contributed by atoms with van der Waals surface area (Å²) in [7, 11) is 0. The molecule has 0 bridgehead atoms. The van der Waals surface area contributed by atoms with Gasteiger partial charge in [0.25, 0.3) is 5.91 Å². The standard InChI is InChI=1S/C21H26N2O4/c1-2-5-17-6-3-4-7-19(17)26-16-18-8-9-20(27-18)21(24)22-10-11-23-12-14-25-15-13-23/h2-4,6-9H,1,5,10-16H2,(H,22,24). The van der Waals surface area contributed by atoms with Crippen LogP contribution >= 0.6 is 0 Å². The number of para-hydroxylation sites is 1. The molecule has 0 spiro atoms. The summed E-state index contributed by atoms with van der Waals surface area (Å²) in [5.41, 5.74) is 1.07. The van der Waals surface area contributed by atoms with Gasteiger partial charge in [0.05, 0.1) is 13.2 Å². The van der Waals surface area contributed by atoms with Gasteiger partial charge in [-0.2, -0.15) is 0 Å². The van der Waals surface area contributed by atoms with E-state index in [4.69, 9.17) is 13.9 Å². The third kappa shape index (κ3) is 5.70. The maximum absolute atomic E-state index is 12.2. The molecule has 2 aromatic rings. The summed E-state index contributed by atoms with van der Waals surface area (Å²) < 4.78 is 16.8. The molecule has 1 aromatic heterocycles. The third-order valence-electron chi connectivity index (χ3n) is 4.41. The van der Waals surface area contributed by atoms with Crippen molar-refractivity contribution in [1.82, 2.24) is 10.2 Å². The van der Waals surface area contributed by atoms with Crippen molar-refractivity contribution < 1.29 is 18.7 Å². The van der Waals surface area contributed by atoms with E-state index in [2.05, 4.69) is 16.8 Å². The van der Waals surface area contributed by atoms with E-state index < -0.39 is 0 Å². The zero-order chi connectivity index (χ0) is 18.9. The highest BCUT2D eigenvalue weighted by atomic mass is 16.5. The van der Waals surface area contributed by atoms with E-state index in [0.29, 0.717) is 18.1 Å². The van der Waals surface area contributed by atoms with Crippen molar-refractivity contribution in [2.75, 3.05) is 39.4 Å². The predicted octanol–water partition coefficient (Wildman–Crippen LogP) is 2.65. The Hall–Kier alpha value is -2.57. The van der Waals surface area contributed by atoms with Crippen molar-refractivity contribution in [3.05, 3.63) is 66.1 Å². The first-order valence-electron chi connectivity index (χ1n) is 9.25. The zero-order valence-electron chi connectivity index (χ0n) is 15.5. The Bertz CT molecular complexity index is 750. The summed E-state index contributed by atoms with van der Waals surface area (Å²) in [6.45, 7) is 8.76. The molecule has 0 aliphatic carbocycles. The van der Waals surface area contributed by atoms with Gasteiger partial charge in [0.15, 0.2) is 5.76 Å². The van der Waals surface area contributed by atoms with Gasteiger partial charge in [-0.1, -0.05) is 24.3 Å². The molecule has 1 aliphatic heterocycles. The highest BCUT2D eigenvalue weighted by molar-refractivity contribution is 5.91. The van der Waals surface area contributed by atoms with Crippen molar-refractivity contribution in [2.45, 2.75) is 13.0 Å². The van der Waals surface area contributed by atoms with Crippen LogP contribution in [0.3, 0.4) is 0 Å². The lowest BCUT2D eigenvalue weighted by atomic mass is 10.1. The molecule has 1 amide bonds. The maximum Gasteiger partial charge on any atom is 0.287 e. The summed E-state index contributed by atoms with van der Waals surface area (Å²) in [4.78, 5) is 14.5. The van der Waals surface area contributed by atoms with E-state index in [0.717, 1.165) is 50.6 Å². The number of hydrogen-bond acceptors (Lipinski definition) is 5. The van der Waals surface area contributed by atoms with Crippen molar-refractivity contribution in [1.29, 1.82) is 0 Å². The summed E-state index contributed by atoms with van der Waals surface area (Å²) in [6, 6.07) is 11.3. The molecular weight excluding hydrogens is 344 g/mol. The van der Waals surface area contributed by atoms with Gasteiger partial charge in [-0.25, -0.2) is 0 Å². The average Bonchev–Trinajstić information content (AvgIpc) is 3.17. The van der Waals surface area contributed by atoms with Crippen molar-refractivity contribution in [3.63, 3.8) is 0 Å². The number of furan rings is 1. The normalized spacial score (nSPS) is 14.7. The van der Waals surface area contributed by atoms with Gasteiger partial charge < -0.3 is 19.2 Å². The second-order valence-electron chi connectivity index (χ2n) is 6.37. The van der Waals surface area contributed by atoms with Crippen LogP contribution in [0.4, 0.5) is 0 Å². The number of carbonyl (C=O) groups excluding carboxylic acids is 1. The first-order valence-corrected chi connectivity index (χ1v) is 9.25. The molecule has 0 unspecified atom stereocenters. The van der Waals surface area contributed by atoms with E-state index in [1.165, 1.54) is 0 Å². The minimum Gasteiger partial charge on any atom is -0.485 e. The number of morpholine rings is 1. The van der Waals surface area contributed by atoms with E-state index in [1.807, 2.05) is 30.3 Å². The Balaban J connectivity index is 1.46. The van der Waals surface area contributed by atoms with Crippen LogP contribution in [-0.2, 0) is 17.8 Å². The number of rotatable bonds is 9. The first-order chi connectivity index (χ1) is 13.3. The number of allylic oxidation sites excluding steroid dienone is 1. The molecule has 0 saturated carbocycles. The predicted molar refractivity (Wildman–Crippen MR) is 103 cm³/mol. The van der Waals surface area contributed by atoms with Gasteiger partial charge in [-0.05, 0) is 30.2 Å². The molecule has 1 aliphatic rings. The molecule has 1 saturated heterocycles. The maximum atomic E-state index is 12.2. The largest absolute Gasteiger partial charge is 0.485 e. The molecular formula is C21H26N2O4. The van der Waals surface area contributed by atoms with Gasteiger partial charge >= 0.3 is 0 Å². The highest BCUT2D eigenvalue weighted by Crippen LogP contribution is 2.20. The summed E-state index contributed by atoms with van der Waals surface area (Å²) in [6.07, 6.45) is 2.58. The molecule has 144 valence electrons. The Morgan fingerprint density at radius 2 is 2.04 bits per heavy atom. The second kappa shape index (κ2) is 9.94. The third-order valence-corrected chi connectivity index (χ3v) is 4.41. The van der Waals surface area contributed by atoms with Crippen LogP contribution in [0.25, 0.3) is 0 Å². The fourth-order valence-electron chi connectivity index (χ4n) is 2.93. The van der Waals surface area contributed by atoms with Crippen molar-refractivity contribution in [2.24, 2.45) is 0 Å². The van der Waals surface area contributed by atoms with Crippen molar-refractivity contribution >= 4 is 5.91 Å². The van der Waals surface area contributed by atoms with Crippen LogP contribution in [0.1, 0.15) is 21.9 Å². The van der Waals surface area contributed by atoms with Crippen LogP contribution in [-0.4, -0.2) is 50.2 Å². The number of nitrogens with one attached hydrogen (secondary N) is 1. The lowest BCUT2D eigenvalue weighted by Gasteiger charge is -2.26. The molecule has 0 atom stereocenters. The minimum absolute atomic E-state index is 0.207. The number of hydrogen-bond donors (Lipinski definition) is 1. The van der Waals surface area contributed by atoms with Crippen LogP contribution in [0, 0.1) is 0 Å². The summed E-state index contributed by atoms with van der Waals surface area (Å²) >= 11 is 0. The second-order valence-corrected chi connectivity index (χ2v) is 6.37. The average molecular weight is 370 g/mol. The van der Waals surface area contributed by atoms with Gasteiger partial charge in [0, 0.05) is 26.2 Å². The van der Waals surface area contributed by atoms with Gasteiger partial charge in [0.2, 0.25) is 0 Å². The Morgan fingerprint density at radius 1 is 1.22 bits per heavy atom. The molecule has 3 rings (SSSR count). The SMILES string of the molecule is C=CCc1ccccc1OCc1ccc(C(=O)NCCN2CCOCC2)o1. The summed E-state index contributed by atoms with van der Waals surface area (Å²) in [5, 5.41) is 2.89. The van der Waals surface area contributed by atoms with Crippen LogP contribution in [0.15, 0.2) is 53.5 Å². The van der Waals surface area contributed by atoms with E-state index in [-0.39, 0.29) is 12.5 Å². The van der Waals surface area contributed by atoms with Gasteiger partial charge in [-0.3, -0.25) is 9.69 Å². The van der Waals surface area contributed by atoms with Gasteiger partial charge in [0.1, 0.15) is 18.1 Å². The van der Waals surface area contributed by atoms with Crippen molar-refractivity contribution in [3.8, 4) is 5.75 Å². The highest BCUT2D eigenvalue weighted by Gasteiger charge is 2.14. The van der Waals surface area contributed by atoms with E-state index >= 15 is 0 Å². The summed E-state index contributed by atoms with van der Waals surface area (Å²) in [5.74, 6) is 1.50. The topological polar surface area (TPSA) is 63.9 Å². The lowest BCUT2D eigenvalue weighted by Crippen LogP contribution is -2.41. The van der Waals surface area contributed by atoms with E-state index in [1.54, 1.807) is 12.1 Å². The van der Waals surface area contributed by atoms with Crippen LogP contribution < -0.4 is 10.1 Å². The molecule has 6 nitrogen and oxygen atoms in total. The minimum atomic E-state index is -0.207. The Morgan fingerprint density at radius 3 is 2.85 bits per heavy atom. The quantitative estimate of drug-likeness (QED) is 0.688. The molecule has 6 heteroatoms. The molecule has 1 aromatic carbocycles. The molecule has 27 heavy (non-hydrogen) atoms. The smallest absolute Gasteiger partial charge is 0.287 e. The Kier molecular flexibility index (Phi) is 7.07. The number of benzene rings is 1. The fraction of sp³-hybridized carbons (Fsp3) is 0.381. The monoisotopic (exact) mass is 370 g/mol. The lowest BCUT2D eigenvalue weighted by molar-refractivity contribution is 0.0382. The number of carbonyl (C=O) groups is 1.